The van der Waals surface area contributed by atoms with Gasteiger partial charge in [0, 0.05) is 36.7 Å². The summed E-state index contributed by atoms with van der Waals surface area (Å²) in [5, 5.41) is 16.6. The molecule has 5 rings (SSSR count). The quantitative estimate of drug-likeness (QED) is 0.309. The van der Waals surface area contributed by atoms with Gasteiger partial charge in [0.15, 0.2) is 11.6 Å². The van der Waals surface area contributed by atoms with E-state index in [1.165, 1.54) is 17.1 Å². The number of carbonyl (C=O) groups is 4. The number of rotatable bonds is 4. The summed E-state index contributed by atoms with van der Waals surface area (Å²) in [4.78, 5) is 62.6. The Morgan fingerprint density at radius 1 is 1.17 bits per heavy atom. The number of hydrogen-bond acceptors (Lipinski definition) is 10. The molecule has 1 fully saturated rings. The standard InChI is InChI=1S/C38H44FN5O8/c1-23-8-6-16-40-33(46)15-12-24(2)35(25(3)21-51-38(49)43-32-14-13-26-9-4-5-10-29(26)41-32)52-37(48)31-11-7-17-44(31)36(47)30-22-50-34(42-30)20-27(39)19-28(45)18-23/h4-6,8-10,12-15,18,22,24-25,27-28,31,35,45H,7,11,16-17,19-21H2,1-3H3,(H,40,46)(H,41,43,49)/b8-6+,15-12+,23-18+/t24-,25-,27-,28-,31-,35+/m1/s1. The smallest absolute Gasteiger partial charge is 0.412 e. The van der Waals surface area contributed by atoms with Gasteiger partial charge in [-0.25, -0.2) is 23.9 Å². The number of esters is 1. The minimum atomic E-state index is -1.50. The molecule has 6 atom stereocenters. The third-order valence-corrected chi connectivity index (χ3v) is 8.87. The molecular weight excluding hydrogens is 673 g/mol. The third kappa shape index (κ3) is 10.3. The first kappa shape index (κ1) is 37.9. The second kappa shape index (κ2) is 17.7. The molecule has 1 aromatic carbocycles. The number of nitrogens with one attached hydrogen (secondary N) is 2. The lowest BCUT2D eigenvalue weighted by Crippen LogP contribution is -2.44. The Labute approximate surface area is 301 Å². The Morgan fingerprint density at radius 3 is 2.81 bits per heavy atom. The van der Waals surface area contributed by atoms with E-state index in [1.54, 1.807) is 45.1 Å². The number of allylic oxidation sites excluding steroid dienone is 2. The van der Waals surface area contributed by atoms with Gasteiger partial charge in [-0.2, -0.15) is 0 Å². The van der Waals surface area contributed by atoms with E-state index >= 15 is 0 Å². The molecule has 0 aliphatic carbocycles. The number of carbonyl (C=O) groups excluding carboxylic acids is 4. The highest BCUT2D eigenvalue weighted by Gasteiger charge is 2.39. The zero-order valence-electron chi connectivity index (χ0n) is 29.4. The lowest BCUT2D eigenvalue weighted by atomic mass is 9.93. The van der Waals surface area contributed by atoms with Crippen LogP contribution in [0.5, 0.6) is 0 Å². The molecule has 52 heavy (non-hydrogen) atoms. The van der Waals surface area contributed by atoms with Crippen molar-refractivity contribution >= 4 is 40.6 Å². The molecule has 276 valence electrons. The summed E-state index contributed by atoms with van der Waals surface area (Å²) in [6.45, 7) is 5.57. The van der Waals surface area contributed by atoms with Crippen molar-refractivity contribution in [2.45, 2.75) is 70.9 Å². The van der Waals surface area contributed by atoms with E-state index in [4.69, 9.17) is 13.9 Å². The predicted molar refractivity (Wildman–Crippen MR) is 190 cm³/mol. The molecule has 1 saturated heterocycles. The first-order valence-corrected chi connectivity index (χ1v) is 17.4. The molecule has 3 aromatic rings. The van der Waals surface area contributed by atoms with Gasteiger partial charge in [-0.3, -0.25) is 14.9 Å². The highest BCUT2D eigenvalue weighted by Crippen LogP contribution is 2.26. The van der Waals surface area contributed by atoms with Gasteiger partial charge in [0.05, 0.1) is 24.6 Å². The zero-order chi connectivity index (χ0) is 37.2. The van der Waals surface area contributed by atoms with Crippen LogP contribution in [-0.4, -0.2) is 88.0 Å². The van der Waals surface area contributed by atoms with Crippen molar-refractivity contribution in [3.8, 4) is 0 Å². The average molecular weight is 718 g/mol. The maximum atomic E-state index is 14.8. The van der Waals surface area contributed by atoms with Crippen LogP contribution in [0.1, 0.15) is 56.4 Å². The van der Waals surface area contributed by atoms with E-state index < -0.39 is 60.1 Å². The molecule has 14 heteroatoms. The lowest BCUT2D eigenvalue weighted by molar-refractivity contribution is -0.159. The molecule has 3 N–H and O–H groups in total. The summed E-state index contributed by atoms with van der Waals surface area (Å²) in [5.74, 6) is -2.38. The largest absolute Gasteiger partial charge is 0.460 e. The van der Waals surface area contributed by atoms with Crippen molar-refractivity contribution in [2.24, 2.45) is 11.8 Å². The molecule has 13 nitrogen and oxygen atoms in total. The van der Waals surface area contributed by atoms with Crippen LogP contribution >= 0.6 is 0 Å². The molecule has 0 unspecified atom stereocenters. The predicted octanol–water partition coefficient (Wildman–Crippen LogP) is 5.08. The lowest BCUT2D eigenvalue weighted by Gasteiger charge is -2.30. The van der Waals surface area contributed by atoms with Gasteiger partial charge in [-0.05, 0) is 44.0 Å². The van der Waals surface area contributed by atoms with E-state index in [0.29, 0.717) is 29.7 Å². The number of aliphatic hydroxyl groups excluding tert-OH is 1. The topological polar surface area (TPSA) is 173 Å². The Hall–Kier alpha value is -5.37. The molecular formula is C38H44FN5O8. The van der Waals surface area contributed by atoms with E-state index in [0.717, 1.165) is 11.6 Å². The minimum absolute atomic E-state index is 0.00830. The van der Waals surface area contributed by atoms with Crippen molar-refractivity contribution in [1.29, 1.82) is 0 Å². The number of halogens is 1. The number of ether oxygens (including phenoxy) is 2. The molecule has 0 spiro atoms. The van der Waals surface area contributed by atoms with Gasteiger partial charge in [0.1, 0.15) is 30.4 Å². The summed E-state index contributed by atoms with van der Waals surface area (Å²) in [5.41, 5.74) is 1.30. The Morgan fingerprint density at radius 2 is 1.98 bits per heavy atom. The second-order valence-electron chi connectivity index (χ2n) is 13.2. The van der Waals surface area contributed by atoms with Gasteiger partial charge < -0.3 is 29.2 Å². The van der Waals surface area contributed by atoms with Crippen molar-refractivity contribution < 1.29 is 42.6 Å². The second-order valence-corrected chi connectivity index (χ2v) is 13.2. The number of hydrogen-bond donors (Lipinski definition) is 3. The molecule has 2 aliphatic heterocycles. The summed E-state index contributed by atoms with van der Waals surface area (Å²) < 4.78 is 31.8. The van der Waals surface area contributed by atoms with Gasteiger partial charge in [0.25, 0.3) is 5.91 Å². The van der Waals surface area contributed by atoms with E-state index in [2.05, 4.69) is 20.6 Å². The molecule has 4 heterocycles. The zero-order valence-corrected chi connectivity index (χ0v) is 29.4. The fourth-order valence-corrected chi connectivity index (χ4v) is 6.21. The van der Waals surface area contributed by atoms with Crippen LogP contribution in [0.15, 0.2) is 83.0 Å². The number of aliphatic hydroxyl groups is 1. The van der Waals surface area contributed by atoms with Crippen molar-refractivity contribution in [3.63, 3.8) is 0 Å². The summed E-state index contributed by atoms with van der Waals surface area (Å²) in [7, 11) is 0. The van der Waals surface area contributed by atoms with Crippen LogP contribution in [0.25, 0.3) is 10.9 Å². The van der Waals surface area contributed by atoms with E-state index in [9.17, 15) is 28.7 Å². The van der Waals surface area contributed by atoms with Crippen LogP contribution in [-0.2, 0) is 25.5 Å². The van der Waals surface area contributed by atoms with Crippen LogP contribution in [0.4, 0.5) is 15.0 Å². The number of benzene rings is 1. The monoisotopic (exact) mass is 717 g/mol. The molecule has 0 saturated carbocycles. The van der Waals surface area contributed by atoms with Crippen LogP contribution < -0.4 is 10.6 Å². The van der Waals surface area contributed by atoms with Crippen molar-refractivity contribution in [1.82, 2.24) is 20.2 Å². The molecule has 2 aromatic heterocycles. The normalized spacial score (nSPS) is 26.6. The number of nitrogens with zero attached hydrogens (tertiary/aromatic N) is 3. The number of cyclic esters (lactones) is 1. The number of pyridine rings is 1. The summed E-state index contributed by atoms with van der Waals surface area (Å²) >= 11 is 0. The number of amides is 3. The van der Waals surface area contributed by atoms with Gasteiger partial charge in [0.2, 0.25) is 5.91 Å². The number of para-hydroxylation sites is 1. The maximum Gasteiger partial charge on any atom is 0.412 e. The van der Waals surface area contributed by atoms with Crippen LogP contribution in [0.2, 0.25) is 0 Å². The van der Waals surface area contributed by atoms with Crippen LogP contribution in [0.3, 0.4) is 0 Å². The van der Waals surface area contributed by atoms with Crippen LogP contribution in [0, 0.1) is 11.8 Å². The van der Waals surface area contributed by atoms with Gasteiger partial charge in [-0.1, -0.05) is 61.9 Å². The van der Waals surface area contributed by atoms with Gasteiger partial charge in [-0.15, -0.1) is 0 Å². The van der Waals surface area contributed by atoms with E-state index in [1.807, 2.05) is 30.3 Å². The summed E-state index contributed by atoms with van der Waals surface area (Å²) in [6.07, 6.45) is 5.18. The third-order valence-electron chi connectivity index (χ3n) is 8.87. The number of fused-ring (bicyclic) bond motifs is 4. The van der Waals surface area contributed by atoms with E-state index in [-0.39, 0.29) is 44.1 Å². The fourth-order valence-electron chi connectivity index (χ4n) is 6.21. The molecule has 2 aliphatic rings. The van der Waals surface area contributed by atoms with Crippen molar-refractivity contribution in [3.05, 3.63) is 90.2 Å². The number of anilines is 1. The molecule has 2 bridgehead atoms. The SMILES string of the molecule is CC1=C\[C@@H](O)C[C@@H](F)Cc2nc(co2)C(=O)N2CCC[C@@H]2C(=O)O[C@H]([C@H](C)COC(=O)Nc2ccc3ccccc3n2)[C@H](C)/C=C/C(=O)NC\C=C\1. The Balaban J connectivity index is 1.32. The van der Waals surface area contributed by atoms with Crippen molar-refractivity contribution in [2.75, 3.05) is 25.0 Å². The Kier molecular flexibility index (Phi) is 12.9. The first-order chi connectivity index (χ1) is 25.0. The molecule has 0 radical (unpaired) electrons. The minimum Gasteiger partial charge on any atom is -0.460 e. The number of aromatic nitrogens is 2. The number of oxazole rings is 1. The maximum absolute atomic E-state index is 14.8. The average Bonchev–Trinajstić information content (AvgIpc) is 3.80. The first-order valence-electron chi connectivity index (χ1n) is 17.4. The summed E-state index contributed by atoms with van der Waals surface area (Å²) in [6, 6.07) is 10.0. The molecule has 3 amide bonds. The fraction of sp³-hybridized carbons (Fsp3) is 0.421. The highest BCUT2D eigenvalue weighted by atomic mass is 19.1. The number of alkyl halides is 1. The van der Waals surface area contributed by atoms with Gasteiger partial charge >= 0.3 is 12.1 Å². The highest BCUT2D eigenvalue weighted by molar-refractivity contribution is 5.95. The Bertz CT molecular complexity index is 1840.